The molecule has 5 nitrogen and oxygen atoms in total. The van der Waals surface area contributed by atoms with E-state index in [2.05, 4.69) is 43.0 Å². The minimum absolute atomic E-state index is 0.000864. The Kier molecular flexibility index (Phi) is 5.37. The lowest BCUT2D eigenvalue weighted by Gasteiger charge is -2.31. The van der Waals surface area contributed by atoms with Gasteiger partial charge in [0.25, 0.3) is 0 Å². The summed E-state index contributed by atoms with van der Waals surface area (Å²) < 4.78 is 0. The summed E-state index contributed by atoms with van der Waals surface area (Å²) in [6.07, 6.45) is 4.62. The molecule has 0 aromatic carbocycles. The summed E-state index contributed by atoms with van der Waals surface area (Å²) in [5, 5.41) is 3.17. The SMILES string of the molecule is CC1CCCN(C(=O)CCNc2nccc(C(C)(C)C)n2)C1. The van der Waals surface area contributed by atoms with Crippen molar-refractivity contribution in [3.63, 3.8) is 0 Å². The molecular formula is C17H28N4O. The van der Waals surface area contributed by atoms with E-state index in [1.807, 2.05) is 11.0 Å². The molecule has 1 saturated heterocycles. The van der Waals surface area contributed by atoms with Crippen molar-refractivity contribution in [3.05, 3.63) is 18.0 Å². The summed E-state index contributed by atoms with van der Waals surface area (Å²) in [4.78, 5) is 22.9. The number of aromatic nitrogens is 2. The maximum atomic E-state index is 12.2. The molecule has 0 bridgehead atoms. The van der Waals surface area contributed by atoms with Crippen molar-refractivity contribution in [2.45, 2.75) is 52.4 Å². The van der Waals surface area contributed by atoms with E-state index in [0.717, 1.165) is 25.2 Å². The van der Waals surface area contributed by atoms with Crippen LogP contribution < -0.4 is 5.32 Å². The molecule has 1 fully saturated rings. The van der Waals surface area contributed by atoms with Crippen LogP contribution in [0.4, 0.5) is 5.95 Å². The van der Waals surface area contributed by atoms with Gasteiger partial charge in [-0.15, -0.1) is 0 Å². The van der Waals surface area contributed by atoms with Gasteiger partial charge in [-0.1, -0.05) is 27.7 Å². The fraction of sp³-hybridized carbons (Fsp3) is 0.706. The summed E-state index contributed by atoms with van der Waals surface area (Å²) >= 11 is 0. The largest absolute Gasteiger partial charge is 0.354 e. The Hall–Kier alpha value is -1.65. The number of amides is 1. The van der Waals surface area contributed by atoms with E-state index in [4.69, 9.17) is 0 Å². The van der Waals surface area contributed by atoms with Crippen LogP contribution in [0.15, 0.2) is 12.3 Å². The quantitative estimate of drug-likeness (QED) is 0.929. The van der Waals surface area contributed by atoms with Crippen LogP contribution in [0.2, 0.25) is 0 Å². The van der Waals surface area contributed by atoms with Crippen LogP contribution in [0.5, 0.6) is 0 Å². The van der Waals surface area contributed by atoms with Gasteiger partial charge in [0.05, 0.1) is 5.69 Å². The molecule has 1 aliphatic rings. The van der Waals surface area contributed by atoms with Gasteiger partial charge in [0.2, 0.25) is 11.9 Å². The molecule has 1 atom stereocenters. The summed E-state index contributed by atoms with van der Waals surface area (Å²) in [6.45, 7) is 11.0. The molecule has 1 unspecified atom stereocenters. The Morgan fingerprint density at radius 1 is 1.45 bits per heavy atom. The predicted octanol–water partition coefficient (Wildman–Crippen LogP) is 2.83. The molecule has 2 rings (SSSR count). The maximum Gasteiger partial charge on any atom is 0.224 e. The maximum absolute atomic E-state index is 12.2. The number of anilines is 1. The lowest BCUT2D eigenvalue weighted by atomic mass is 9.92. The number of likely N-dealkylation sites (tertiary alicyclic amines) is 1. The van der Waals surface area contributed by atoms with Gasteiger partial charge in [0, 0.05) is 37.7 Å². The smallest absolute Gasteiger partial charge is 0.224 e. The first-order valence-electron chi connectivity index (χ1n) is 8.21. The highest BCUT2D eigenvalue weighted by Gasteiger charge is 2.20. The summed E-state index contributed by atoms with van der Waals surface area (Å²) in [6, 6.07) is 1.94. The third-order valence-corrected chi connectivity index (χ3v) is 4.06. The summed E-state index contributed by atoms with van der Waals surface area (Å²) in [5.41, 5.74) is 1.00. The molecule has 1 aliphatic heterocycles. The average molecular weight is 304 g/mol. The second-order valence-electron chi connectivity index (χ2n) is 7.28. The second kappa shape index (κ2) is 7.07. The molecule has 1 aromatic rings. The summed E-state index contributed by atoms with van der Waals surface area (Å²) in [7, 11) is 0. The molecular weight excluding hydrogens is 276 g/mol. The van der Waals surface area contributed by atoms with Crippen molar-refractivity contribution in [1.82, 2.24) is 14.9 Å². The van der Waals surface area contributed by atoms with Gasteiger partial charge in [-0.05, 0) is 24.8 Å². The molecule has 1 aromatic heterocycles. The van der Waals surface area contributed by atoms with Crippen molar-refractivity contribution in [2.75, 3.05) is 25.0 Å². The van der Waals surface area contributed by atoms with Crippen LogP contribution in [0.1, 0.15) is 52.7 Å². The third-order valence-electron chi connectivity index (χ3n) is 4.06. The van der Waals surface area contributed by atoms with Crippen LogP contribution in [0, 0.1) is 5.92 Å². The molecule has 22 heavy (non-hydrogen) atoms. The van der Waals surface area contributed by atoms with Gasteiger partial charge in [0.1, 0.15) is 0 Å². The number of nitrogens with zero attached hydrogens (tertiary/aromatic N) is 3. The molecule has 1 amide bonds. The molecule has 0 saturated carbocycles. The van der Waals surface area contributed by atoms with Gasteiger partial charge in [-0.3, -0.25) is 4.79 Å². The van der Waals surface area contributed by atoms with E-state index in [-0.39, 0.29) is 11.3 Å². The van der Waals surface area contributed by atoms with Crippen LogP contribution in [0.3, 0.4) is 0 Å². The molecule has 0 spiro atoms. The number of carbonyl (C=O) groups excluding carboxylic acids is 1. The van der Waals surface area contributed by atoms with Crippen molar-refractivity contribution >= 4 is 11.9 Å². The Balaban J connectivity index is 1.82. The number of rotatable bonds is 4. The van der Waals surface area contributed by atoms with E-state index >= 15 is 0 Å². The first-order valence-corrected chi connectivity index (χ1v) is 8.21. The van der Waals surface area contributed by atoms with Gasteiger partial charge in [0.15, 0.2) is 0 Å². The molecule has 0 radical (unpaired) electrons. The predicted molar refractivity (Wildman–Crippen MR) is 88.8 cm³/mol. The molecule has 1 N–H and O–H groups in total. The van der Waals surface area contributed by atoms with E-state index in [0.29, 0.717) is 24.8 Å². The fourth-order valence-corrected chi connectivity index (χ4v) is 2.72. The molecule has 2 heterocycles. The first kappa shape index (κ1) is 16.7. The molecule has 5 heteroatoms. The highest BCUT2D eigenvalue weighted by Crippen LogP contribution is 2.20. The van der Waals surface area contributed by atoms with E-state index in [9.17, 15) is 4.79 Å². The average Bonchev–Trinajstić information content (AvgIpc) is 2.46. The lowest BCUT2D eigenvalue weighted by Crippen LogP contribution is -2.39. The van der Waals surface area contributed by atoms with Crippen molar-refractivity contribution in [3.8, 4) is 0 Å². The van der Waals surface area contributed by atoms with Crippen LogP contribution >= 0.6 is 0 Å². The van der Waals surface area contributed by atoms with Crippen molar-refractivity contribution in [2.24, 2.45) is 5.92 Å². The minimum Gasteiger partial charge on any atom is -0.354 e. The van der Waals surface area contributed by atoms with Crippen molar-refractivity contribution in [1.29, 1.82) is 0 Å². The lowest BCUT2D eigenvalue weighted by molar-refractivity contribution is -0.132. The van der Waals surface area contributed by atoms with E-state index in [1.165, 1.54) is 6.42 Å². The highest BCUT2D eigenvalue weighted by atomic mass is 16.2. The van der Waals surface area contributed by atoms with Gasteiger partial charge in [-0.25, -0.2) is 9.97 Å². The Bertz CT molecular complexity index is 510. The van der Waals surface area contributed by atoms with Crippen LogP contribution in [-0.2, 0) is 10.2 Å². The number of hydrogen-bond donors (Lipinski definition) is 1. The van der Waals surface area contributed by atoms with Crippen LogP contribution in [0.25, 0.3) is 0 Å². The zero-order valence-electron chi connectivity index (χ0n) is 14.2. The third kappa shape index (κ3) is 4.68. The monoisotopic (exact) mass is 304 g/mol. The number of piperidine rings is 1. The normalized spacial score (nSPS) is 19.1. The Morgan fingerprint density at radius 3 is 2.91 bits per heavy atom. The first-order chi connectivity index (χ1) is 10.4. The van der Waals surface area contributed by atoms with Gasteiger partial charge < -0.3 is 10.2 Å². The van der Waals surface area contributed by atoms with Crippen LogP contribution in [-0.4, -0.2) is 40.4 Å². The topological polar surface area (TPSA) is 58.1 Å². The van der Waals surface area contributed by atoms with Gasteiger partial charge in [-0.2, -0.15) is 0 Å². The Labute approximate surface area is 133 Å². The molecule has 0 aliphatic carbocycles. The number of hydrogen-bond acceptors (Lipinski definition) is 4. The minimum atomic E-state index is -0.000864. The van der Waals surface area contributed by atoms with E-state index < -0.39 is 0 Å². The molecule has 122 valence electrons. The summed E-state index contributed by atoms with van der Waals surface area (Å²) in [5.74, 6) is 1.45. The zero-order chi connectivity index (χ0) is 16.2. The fourth-order valence-electron chi connectivity index (χ4n) is 2.72. The second-order valence-corrected chi connectivity index (χ2v) is 7.28. The standard InChI is InChI=1S/C17H28N4O/c1-13-6-5-11-21(12-13)15(22)8-10-19-16-18-9-7-14(20-16)17(2,3)4/h7,9,13H,5-6,8,10-12H2,1-4H3,(H,18,19,20). The van der Waals surface area contributed by atoms with Gasteiger partial charge >= 0.3 is 0 Å². The number of carbonyl (C=O) groups is 1. The Morgan fingerprint density at radius 2 is 2.23 bits per heavy atom. The number of nitrogens with one attached hydrogen (secondary N) is 1. The zero-order valence-corrected chi connectivity index (χ0v) is 14.2. The van der Waals surface area contributed by atoms with Crippen molar-refractivity contribution < 1.29 is 4.79 Å². The highest BCUT2D eigenvalue weighted by molar-refractivity contribution is 5.76. The van der Waals surface area contributed by atoms with E-state index in [1.54, 1.807) is 6.20 Å².